The van der Waals surface area contributed by atoms with Crippen LogP contribution in [0.1, 0.15) is 20.3 Å². The second-order valence-electron chi connectivity index (χ2n) is 4.74. The number of hydrogen-bond acceptors (Lipinski definition) is 4. The van der Waals surface area contributed by atoms with Gasteiger partial charge in [0.2, 0.25) is 10.0 Å². The summed E-state index contributed by atoms with van der Waals surface area (Å²) >= 11 is 6.43. The van der Waals surface area contributed by atoms with Crippen molar-refractivity contribution in [3.05, 3.63) is 16.5 Å². The Kier molecular flexibility index (Phi) is 6.08. The second kappa shape index (κ2) is 6.82. The van der Waals surface area contributed by atoms with Crippen molar-refractivity contribution in [1.29, 1.82) is 0 Å². The Labute approximate surface area is 130 Å². The van der Waals surface area contributed by atoms with E-state index in [0.717, 1.165) is 11.3 Å². The van der Waals surface area contributed by atoms with Crippen LogP contribution in [0.3, 0.4) is 0 Å². The number of alkyl halides is 3. The largest absolute Gasteiger partial charge is 0.392 e. The standard InChI is InChI=1S/C11H15ClF3NO3S2/c1-6(5-11(13,14)15)10(7(2)17)16-21(18,19)9-4-3-8(12)20-9/h3-4,6-7,10,16-17H,5H2,1-2H3. The summed E-state index contributed by atoms with van der Waals surface area (Å²) in [5, 5.41) is 9.58. The van der Waals surface area contributed by atoms with E-state index in [1.807, 2.05) is 0 Å². The van der Waals surface area contributed by atoms with Gasteiger partial charge in [-0.2, -0.15) is 13.2 Å². The maximum absolute atomic E-state index is 12.4. The highest BCUT2D eigenvalue weighted by molar-refractivity contribution is 7.91. The summed E-state index contributed by atoms with van der Waals surface area (Å²) in [7, 11) is -4.03. The van der Waals surface area contributed by atoms with Crippen molar-refractivity contribution >= 4 is 33.0 Å². The smallest absolute Gasteiger partial charge is 0.389 e. The molecular formula is C11H15ClF3NO3S2. The molecule has 0 aliphatic heterocycles. The van der Waals surface area contributed by atoms with E-state index < -0.39 is 40.7 Å². The van der Waals surface area contributed by atoms with Crippen molar-refractivity contribution < 1.29 is 26.7 Å². The van der Waals surface area contributed by atoms with E-state index in [1.54, 1.807) is 0 Å². The molecule has 1 aromatic rings. The van der Waals surface area contributed by atoms with Crippen molar-refractivity contribution in [1.82, 2.24) is 4.72 Å². The molecule has 3 atom stereocenters. The molecule has 1 aromatic heterocycles. The molecule has 122 valence electrons. The van der Waals surface area contributed by atoms with Crippen LogP contribution < -0.4 is 4.72 Å². The van der Waals surface area contributed by atoms with Gasteiger partial charge < -0.3 is 5.11 Å². The molecule has 0 saturated heterocycles. The number of halogens is 4. The first-order valence-electron chi connectivity index (χ1n) is 5.95. The summed E-state index contributed by atoms with van der Waals surface area (Å²) in [6, 6.07) is 1.37. The highest BCUT2D eigenvalue weighted by Crippen LogP contribution is 2.29. The van der Waals surface area contributed by atoms with Gasteiger partial charge in [0.25, 0.3) is 0 Å². The molecular weight excluding hydrogens is 351 g/mol. The fourth-order valence-corrected chi connectivity index (χ4v) is 4.78. The third kappa shape index (κ3) is 5.74. The van der Waals surface area contributed by atoms with Gasteiger partial charge in [-0.05, 0) is 25.0 Å². The van der Waals surface area contributed by atoms with Crippen molar-refractivity contribution in [2.75, 3.05) is 0 Å². The van der Waals surface area contributed by atoms with Crippen molar-refractivity contribution in [3.63, 3.8) is 0 Å². The van der Waals surface area contributed by atoms with E-state index in [2.05, 4.69) is 4.72 Å². The Morgan fingerprint density at radius 1 is 1.38 bits per heavy atom. The average molecular weight is 366 g/mol. The Morgan fingerprint density at radius 3 is 2.33 bits per heavy atom. The lowest BCUT2D eigenvalue weighted by molar-refractivity contribution is -0.146. The molecule has 0 amide bonds. The maximum atomic E-state index is 12.4. The van der Waals surface area contributed by atoms with Gasteiger partial charge in [0.15, 0.2) is 0 Å². The van der Waals surface area contributed by atoms with Crippen LogP contribution in [0.25, 0.3) is 0 Å². The van der Waals surface area contributed by atoms with Crippen LogP contribution >= 0.6 is 22.9 Å². The molecule has 4 nitrogen and oxygen atoms in total. The Balaban J connectivity index is 2.93. The van der Waals surface area contributed by atoms with Crippen LogP contribution in [-0.4, -0.2) is 31.8 Å². The summed E-state index contributed by atoms with van der Waals surface area (Å²) in [5.74, 6) is -1.12. The lowest BCUT2D eigenvalue weighted by Crippen LogP contribution is -2.47. The Hall–Kier alpha value is -0.350. The van der Waals surface area contributed by atoms with Crippen LogP contribution in [0, 0.1) is 5.92 Å². The van der Waals surface area contributed by atoms with E-state index in [-0.39, 0.29) is 8.55 Å². The molecule has 0 aliphatic rings. The number of nitrogens with one attached hydrogen (secondary N) is 1. The zero-order valence-corrected chi connectivity index (χ0v) is 13.6. The molecule has 0 spiro atoms. The SMILES string of the molecule is CC(O)C(NS(=O)(=O)c1ccc(Cl)s1)C(C)CC(F)(F)F. The van der Waals surface area contributed by atoms with Gasteiger partial charge >= 0.3 is 6.18 Å². The number of thiophene rings is 1. The molecule has 3 unspecified atom stereocenters. The van der Waals surface area contributed by atoms with Crippen LogP contribution in [0.5, 0.6) is 0 Å². The van der Waals surface area contributed by atoms with Gasteiger partial charge in [0, 0.05) is 6.42 Å². The molecule has 2 N–H and O–H groups in total. The third-order valence-electron chi connectivity index (χ3n) is 2.79. The average Bonchev–Trinajstić information content (AvgIpc) is 2.70. The minimum absolute atomic E-state index is 0.114. The maximum Gasteiger partial charge on any atom is 0.389 e. The summed E-state index contributed by atoms with van der Waals surface area (Å²) < 4.78 is 63.6. The fourth-order valence-electron chi connectivity index (χ4n) is 1.86. The molecule has 0 fully saturated rings. The third-order valence-corrected chi connectivity index (χ3v) is 5.97. The van der Waals surface area contributed by atoms with Gasteiger partial charge in [-0.3, -0.25) is 0 Å². The van der Waals surface area contributed by atoms with E-state index in [9.17, 15) is 26.7 Å². The molecule has 0 aromatic carbocycles. The molecule has 0 saturated carbocycles. The summed E-state index contributed by atoms with van der Waals surface area (Å²) in [4.78, 5) is 0. The van der Waals surface area contributed by atoms with E-state index >= 15 is 0 Å². The van der Waals surface area contributed by atoms with Gasteiger partial charge in [-0.1, -0.05) is 18.5 Å². The van der Waals surface area contributed by atoms with Gasteiger partial charge in [0.05, 0.1) is 16.5 Å². The number of aliphatic hydroxyl groups excluding tert-OH is 1. The number of rotatable bonds is 6. The number of aliphatic hydroxyl groups is 1. The summed E-state index contributed by atoms with van der Waals surface area (Å²) in [5.41, 5.74) is 0. The predicted octanol–water partition coefficient (Wildman–Crippen LogP) is 3.02. The lowest BCUT2D eigenvalue weighted by Gasteiger charge is -2.27. The van der Waals surface area contributed by atoms with Gasteiger partial charge in [-0.25, -0.2) is 13.1 Å². The first-order valence-corrected chi connectivity index (χ1v) is 8.62. The van der Waals surface area contributed by atoms with Crippen LogP contribution in [-0.2, 0) is 10.0 Å². The zero-order chi connectivity index (χ0) is 16.4. The highest BCUT2D eigenvalue weighted by atomic mass is 35.5. The summed E-state index contributed by atoms with van der Waals surface area (Å²) in [6.07, 6.45) is -6.91. The number of sulfonamides is 1. The molecule has 0 bridgehead atoms. The molecule has 0 radical (unpaired) electrons. The molecule has 0 aliphatic carbocycles. The second-order valence-corrected chi connectivity index (χ2v) is 8.40. The van der Waals surface area contributed by atoms with Crippen molar-refractivity contribution in [3.8, 4) is 0 Å². The van der Waals surface area contributed by atoms with Gasteiger partial charge in [-0.15, -0.1) is 11.3 Å². The first kappa shape index (κ1) is 18.7. The molecule has 10 heteroatoms. The van der Waals surface area contributed by atoms with Crippen LogP contribution in [0.4, 0.5) is 13.2 Å². The quantitative estimate of drug-likeness (QED) is 0.814. The molecule has 21 heavy (non-hydrogen) atoms. The molecule has 1 rings (SSSR count). The minimum Gasteiger partial charge on any atom is -0.392 e. The Bertz CT molecular complexity index is 572. The minimum atomic E-state index is -4.44. The van der Waals surface area contributed by atoms with Crippen LogP contribution in [0.15, 0.2) is 16.3 Å². The van der Waals surface area contributed by atoms with Crippen molar-refractivity contribution in [2.45, 2.75) is 42.8 Å². The predicted molar refractivity (Wildman–Crippen MR) is 75.0 cm³/mol. The summed E-state index contributed by atoms with van der Waals surface area (Å²) in [6.45, 7) is 2.47. The zero-order valence-electron chi connectivity index (χ0n) is 11.2. The number of hydrogen-bond donors (Lipinski definition) is 2. The van der Waals surface area contributed by atoms with E-state index in [1.165, 1.54) is 26.0 Å². The van der Waals surface area contributed by atoms with Gasteiger partial charge in [0.1, 0.15) is 4.21 Å². The fraction of sp³-hybridized carbons (Fsp3) is 0.636. The van der Waals surface area contributed by atoms with Crippen LogP contribution in [0.2, 0.25) is 4.34 Å². The Morgan fingerprint density at radius 2 is 1.95 bits per heavy atom. The first-order chi connectivity index (χ1) is 9.42. The normalized spacial score (nSPS) is 17.5. The van der Waals surface area contributed by atoms with E-state index in [4.69, 9.17) is 11.6 Å². The lowest BCUT2D eigenvalue weighted by atomic mass is 9.95. The van der Waals surface area contributed by atoms with Crippen molar-refractivity contribution in [2.24, 2.45) is 5.92 Å². The monoisotopic (exact) mass is 365 g/mol. The topological polar surface area (TPSA) is 66.4 Å². The molecule has 1 heterocycles. The highest BCUT2D eigenvalue weighted by Gasteiger charge is 2.37. The van der Waals surface area contributed by atoms with E-state index in [0.29, 0.717) is 0 Å².